The van der Waals surface area contributed by atoms with E-state index in [2.05, 4.69) is 115 Å². The fourth-order valence-corrected chi connectivity index (χ4v) is 21.2. The van der Waals surface area contributed by atoms with E-state index < -0.39 is 64.0 Å². The second-order valence-electron chi connectivity index (χ2n) is 35.4. The van der Waals surface area contributed by atoms with E-state index >= 15 is 0 Å². The number of aromatic nitrogens is 6. The lowest BCUT2D eigenvalue weighted by Crippen LogP contribution is -2.46. The quantitative estimate of drug-likeness (QED) is 0.0111. The van der Waals surface area contributed by atoms with E-state index in [9.17, 15) is 53.4 Å². The monoisotopic (exact) mass is 1850 g/mol. The van der Waals surface area contributed by atoms with Crippen LogP contribution in [0.3, 0.4) is 0 Å². The standard InChI is InChI=1S/2C30H45F2N7O3S.C29H43F2N7O3S/c1-19-15-25(27(42-4)17-22(19)28(40)35-21-11-13-38(2)14-12-21)37-29-34-18-23(30(31,32)33)24(36-29)16-20-9-7-8-10-26(20)39(3)43(5,6)41;1-6-39(43(4,5)41)26-10-8-7-9-20(26)17-25-23(30(31,32)33)19-34-29(37-25)36-24-12-11-21(18-27(24)42-3)28(40)35-22-13-15-38(2)16-14-22;1-37-14-12-21(13-15-37)34-27(39)20-10-11-23(26(17-20)41-3)35-28-33-18-22(29(30,31)32)24(36-28)16-19-8-6-7-9-25(19)38(2)42(4,5)40/h15,17-18,20-21,26H,5,7-14,16,33H2,1-4,6H3,(H,35,40)(H,34,36,37);11-12,18-20,22,26H,4,6-10,13-17,33H2,1-3,5H3,(H,35,40)(H,34,36,37);10-11,17-19,21,25H,4,6-9,12-16,32H2,1-3,5H3,(H,34,39)(H,33,35,36)/t2*20-,26+,43?;19-,25+,42?/m000/s1. The lowest BCUT2D eigenvalue weighted by atomic mass is 9.81. The third kappa shape index (κ3) is 27.7. The number of nitrogens with one attached hydrogen (secondary N) is 6. The predicted octanol–water partition coefficient (Wildman–Crippen LogP) is 10.8. The number of halogens is 6. The summed E-state index contributed by atoms with van der Waals surface area (Å²) in [6.45, 7) is 9.89. The summed E-state index contributed by atoms with van der Waals surface area (Å²) in [5.41, 5.74) is 18.4. The lowest BCUT2D eigenvalue weighted by Gasteiger charge is -2.40. The number of carbonyl (C=O) groups is 3. The van der Waals surface area contributed by atoms with E-state index in [1.54, 1.807) is 90.0 Å². The minimum absolute atomic E-state index is 0.0584. The Hall–Kier alpha value is -8.61. The maximum absolute atomic E-state index is 14.5. The number of benzene rings is 3. The molecule has 12 N–H and O–H groups in total. The highest BCUT2D eigenvalue weighted by Gasteiger charge is 2.41. The highest BCUT2D eigenvalue weighted by molar-refractivity contribution is 7.98. The summed E-state index contributed by atoms with van der Waals surface area (Å²) in [6.07, 6.45) is 24.4. The molecule has 3 amide bonds. The molecule has 708 valence electrons. The number of anilines is 6. The van der Waals surface area contributed by atoms with Crippen LogP contribution >= 0.6 is 0 Å². The van der Waals surface area contributed by atoms with Crippen LogP contribution in [0.2, 0.25) is 0 Å². The molecule has 6 aliphatic rings. The third-order valence-corrected chi connectivity index (χ3v) is 30.1. The van der Waals surface area contributed by atoms with Crippen LogP contribution in [0.25, 0.3) is 0 Å². The van der Waals surface area contributed by atoms with Crippen LogP contribution in [0, 0.1) is 24.7 Å². The number of amides is 3. The Morgan fingerprint density at radius 3 is 1.08 bits per heavy atom. The minimum Gasteiger partial charge on any atom is -0.495 e. The summed E-state index contributed by atoms with van der Waals surface area (Å²) in [4.78, 5) is 71.5. The van der Waals surface area contributed by atoms with Gasteiger partial charge in [0.25, 0.3) is 17.7 Å². The number of methoxy groups -OCH3 is 3. The van der Waals surface area contributed by atoms with Gasteiger partial charge in [-0.3, -0.25) is 44.2 Å². The van der Waals surface area contributed by atoms with Gasteiger partial charge < -0.3 is 60.8 Å². The van der Waals surface area contributed by atoms with Crippen LogP contribution in [-0.2, 0) is 66.5 Å². The van der Waals surface area contributed by atoms with E-state index in [4.69, 9.17) is 31.4 Å². The predicted molar refractivity (Wildman–Crippen MR) is 498 cm³/mol. The van der Waals surface area contributed by atoms with Gasteiger partial charge in [-0.15, -0.1) is 0 Å². The highest BCUT2D eigenvalue weighted by atomic mass is 32.2. The molecule has 3 saturated carbocycles. The van der Waals surface area contributed by atoms with Gasteiger partial charge in [0, 0.05) is 126 Å². The first-order chi connectivity index (χ1) is 60.2. The average Bonchev–Trinajstić information content (AvgIpc) is 0.797. The number of alkyl halides is 6. The highest BCUT2D eigenvalue weighted by Crippen LogP contribution is 2.41. The van der Waals surface area contributed by atoms with Gasteiger partial charge in [-0.05, 0) is 267 Å². The Balaban J connectivity index is 0.000000200. The lowest BCUT2D eigenvalue weighted by molar-refractivity contribution is 0.000154. The molecule has 3 saturated heterocycles. The van der Waals surface area contributed by atoms with E-state index in [1.807, 2.05) is 18.2 Å². The van der Waals surface area contributed by atoms with E-state index in [0.29, 0.717) is 63.1 Å². The Labute approximate surface area is 751 Å². The number of rotatable bonds is 31. The Morgan fingerprint density at radius 2 is 0.766 bits per heavy atom. The fraction of sp³-hybridized carbons (Fsp3) is 0.596. The number of ether oxygens (including phenoxy) is 3. The van der Waals surface area contributed by atoms with Crippen molar-refractivity contribution in [2.75, 3.05) is 137 Å². The van der Waals surface area contributed by atoms with Gasteiger partial charge in [0.2, 0.25) is 17.8 Å². The average molecular weight is 1850 g/mol. The second kappa shape index (κ2) is 44.1. The summed E-state index contributed by atoms with van der Waals surface area (Å²) in [6, 6.07) is 2.56. The molecule has 0 spiro atoms. The van der Waals surface area contributed by atoms with Gasteiger partial charge in [-0.25, -0.2) is 42.8 Å². The number of nitrogens with two attached hydrogens (primary N) is 3. The Kier molecular flexibility index (Phi) is 35.0. The van der Waals surface area contributed by atoms with Crippen LogP contribution in [0.1, 0.15) is 193 Å². The van der Waals surface area contributed by atoms with Crippen molar-refractivity contribution in [1.29, 1.82) is 0 Å². The van der Waals surface area contributed by atoms with Crippen LogP contribution < -0.4 is 63.3 Å². The summed E-state index contributed by atoms with van der Waals surface area (Å²) in [5, 5.41) is 18.5. The molecule has 9 atom stereocenters. The topological polar surface area (TPSA) is 377 Å². The largest absolute Gasteiger partial charge is 0.495 e. The van der Waals surface area contributed by atoms with Gasteiger partial charge in [0.05, 0.1) is 72.2 Å². The van der Waals surface area contributed by atoms with Crippen molar-refractivity contribution in [2.24, 2.45) is 35.0 Å². The van der Waals surface area contributed by atoms with Crippen molar-refractivity contribution >= 4 is 99.4 Å². The minimum atomic E-state index is -3.63. The zero-order chi connectivity index (χ0) is 93.5. The summed E-state index contributed by atoms with van der Waals surface area (Å²) in [7, 11) is 6.78. The SMILES string of the molecule is C=S(C)(=O)N(C)[C@@H]1CCCC[C@H]1Cc1nc(Nc2cc(C)c(C(=O)NC3CCN(C)CC3)cc2OC)ncc1C(N)(F)F.C=S(C)(=O)N(C)[C@@H]1CCCC[C@H]1Cc1nc(Nc2ccc(C(=O)NC3CCN(C)CC3)cc2OC)ncc1C(N)(F)F.C=S(C)(=O)N(CC)[C@@H]1CCCC[C@H]1Cc1nc(Nc2ccc(C(=O)NC3CCN(C)CC3)cc2OC)ncc1C(N)(F)F. The van der Waals surface area contributed by atoms with Crippen molar-refractivity contribution in [3.8, 4) is 17.2 Å². The number of carbonyl (C=O) groups excluding carboxylic acids is 3. The molecule has 3 aliphatic heterocycles. The van der Waals surface area contributed by atoms with E-state index in [1.165, 1.54) is 21.3 Å². The first-order valence-electron chi connectivity index (χ1n) is 43.9. The van der Waals surface area contributed by atoms with E-state index in [-0.39, 0.29) is 126 Å². The third-order valence-electron chi connectivity index (χ3n) is 25.6. The van der Waals surface area contributed by atoms with Gasteiger partial charge in [0.1, 0.15) is 17.2 Å². The van der Waals surface area contributed by atoms with Gasteiger partial charge in [-0.2, -0.15) is 26.3 Å². The molecule has 6 fully saturated rings. The van der Waals surface area contributed by atoms with Crippen molar-refractivity contribution in [2.45, 2.75) is 203 Å². The molecule has 0 bridgehead atoms. The second-order valence-corrected chi connectivity index (χ2v) is 42.8. The summed E-state index contributed by atoms with van der Waals surface area (Å²) >= 11 is 0. The zero-order valence-electron chi connectivity index (χ0n) is 76.2. The zero-order valence-corrected chi connectivity index (χ0v) is 78.7. The summed E-state index contributed by atoms with van der Waals surface area (Å²) < 4.78 is 147. The molecule has 12 rings (SSSR count). The van der Waals surface area contributed by atoms with Crippen LogP contribution in [0.4, 0.5) is 61.2 Å². The first-order valence-corrected chi connectivity index (χ1v) is 50.1. The van der Waals surface area contributed by atoms with Crippen molar-refractivity contribution < 1.29 is 67.6 Å². The van der Waals surface area contributed by atoms with Gasteiger partial charge >= 0.3 is 18.1 Å². The molecule has 128 heavy (non-hydrogen) atoms. The molecule has 39 heteroatoms. The van der Waals surface area contributed by atoms with Crippen LogP contribution in [0.15, 0.2) is 67.1 Å². The summed E-state index contributed by atoms with van der Waals surface area (Å²) in [5.74, 6) is 12.2. The number of piperidine rings is 3. The van der Waals surface area contributed by atoms with Crippen LogP contribution in [-0.4, -0.2) is 263 Å². The molecule has 6 aromatic rings. The van der Waals surface area contributed by atoms with Gasteiger partial charge in [0.15, 0.2) is 0 Å². The molecule has 3 aromatic carbocycles. The molecule has 3 aromatic heterocycles. The smallest absolute Gasteiger partial charge is 0.330 e. The normalized spacial score (nSPS) is 21.9. The number of hydrogen-bond donors (Lipinski definition) is 9. The van der Waals surface area contributed by atoms with Crippen molar-refractivity contribution in [1.82, 2.24) is 73.5 Å². The number of aryl methyl sites for hydroxylation is 1. The Morgan fingerprint density at radius 1 is 0.461 bits per heavy atom. The van der Waals surface area contributed by atoms with Crippen molar-refractivity contribution in [3.05, 3.63) is 123 Å². The fourth-order valence-electron chi connectivity index (χ4n) is 18.2. The van der Waals surface area contributed by atoms with Gasteiger partial charge in [-0.1, -0.05) is 45.4 Å². The maximum Gasteiger partial charge on any atom is 0.330 e. The molecule has 0 radical (unpaired) electrons. The molecule has 3 aliphatic carbocycles. The van der Waals surface area contributed by atoms with Crippen molar-refractivity contribution in [3.63, 3.8) is 0 Å². The Bertz CT molecular complexity index is 5150. The number of hydrogen-bond acceptors (Lipinski definition) is 24. The van der Waals surface area contributed by atoms with E-state index in [0.717, 1.165) is 173 Å². The molecule has 3 unspecified atom stereocenters. The maximum atomic E-state index is 14.5. The van der Waals surface area contributed by atoms with Crippen LogP contribution in [0.5, 0.6) is 17.2 Å². The number of likely N-dealkylation sites (tertiary alicyclic amines) is 3. The first kappa shape index (κ1) is 102. The molecule has 6 heterocycles. The molecule has 30 nitrogen and oxygen atoms in total. The molecular formula is C89H133F6N21O9S3. The molecular weight excluding hydrogens is 1720 g/mol. The number of nitrogens with zero attached hydrogens (tertiary/aromatic N) is 12.